The smallest absolute Gasteiger partial charge is 0.315 e. The van der Waals surface area contributed by atoms with E-state index in [9.17, 15) is 19.7 Å². The number of carbonyl (C=O) groups is 2. The van der Waals surface area contributed by atoms with E-state index in [2.05, 4.69) is 15.0 Å². The molecule has 0 spiro atoms. The van der Waals surface area contributed by atoms with Gasteiger partial charge in [-0.05, 0) is 12.1 Å². The molecule has 1 aromatic carbocycles. The lowest BCUT2D eigenvalue weighted by Crippen LogP contribution is -2.22. The highest BCUT2D eigenvalue weighted by Crippen LogP contribution is 2.10. The van der Waals surface area contributed by atoms with E-state index in [0.717, 1.165) is 0 Å². The van der Waals surface area contributed by atoms with Crippen molar-refractivity contribution in [3.8, 4) is 0 Å². The number of carbonyl (C=O) groups excluding carboxylic acids is 2. The third-order valence-corrected chi connectivity index (χ3v) is 2.33. The third kappa shape index (κ3) is 7.20. The predicted octanol–water partition coefficient (Wildman–Crippen LogP) is 1.87. The van der Waals surface area contributed by atoms with Crippen molar-refractivity contribution in [2.75, 3.05) is 13.2 Å². The van der Waals surface area contributed by atoms with Gasteiger partial charge in [-0.1, -0.05) is 18.2 Å². The maximum atomic E-state index is 11.4. The summed E-state index contributed by atoms with van der Waals surface area (Å²) >= 11 is 0. The van der Waals surface area contributed by atoms with Gasteiger partial charge in [0, 0.05) is 6.92 Å². The normalized spacial score (nSPS) is 12.0. The molecule has 118 valence electrons. The highest BCUT2D eigenvalue weighted by Gasteiger charge is 2.13. The monoisotopic (exact) mass is 309 g/mol. The van der Waals surface area contributed by atoms with Gasteiger partial charge in [-0.3, -0.25) is 19.7 Å². The number of nitrogens with zero attached hydrogens (tertiary/aromatic N) is 3. The fraction of sp³-hybridized carbons (Fsp3) is 0.385. The Hall–Kier alpha value is -2.68. The molecule has 0 radical (unpaired) electrons. The van der Waals surface area contributed by atoms with Gasteiger partial charge in [0.05, 0.1) is 17.2 Å². The third-order valence-electron chi connectivity index (χ3n) is 2.33. The van der Waals surface area contributed by atoms with Crippen LogP contribution in [0.2, 0.25) is 0 Å². The van der Waals surface area contributed by atoms with Crippen molar-refractivity contribution in [1.29, 1.82) is 0 Å². The zero-order chi connectivity index (χ0) is 16.4. The van der Waals surface area contributed by atoms with Crippen LogP contribution < -0.4 is 0 Å². The molecule has 0 fully saturated rings. The number of ether oxygens (including phenoxy) is 2. The minimum absolute atomic E-state index is 0.131. The molecule has 1 rings (SSSR count). The zero-order valence-corrected chi connectivity index (χ0v) is 11.9. The second kappa shape index (κ2) is 9.29. The number of hydrogen-bond acceptors (Lipinski definition) is 7. The average Bonchev–Trinajstić information content (AvgIpc) is 2.50. The summed E-state index contributed by atoms with van der Waals surface area (Å²) < 4.78 is 9.45. The molecule has 9 heteroatoms. The summed E-state index contributed by atoms with van der Waals surface area (Å²) in [6, 6.07) is 8.57. The number of amides is 1. The van der Waals surface area contributed by atoms with Gasteiger partial charge in [-0.15, -0.1) is 10.2 Å². The molecule has 1 unspecified atom stereocenters. The van der Waals surface area contributed by atoms with E-state index in [0.29, 0.717) is 5.69 Å². The first kappa shape index (κ1) is 17.4. The molecule has 0 aliphatic heterocycles. The Kier molecular flexibility index (Phi) is 7.34. The minimum Gasteiger partial charge on any atom is -0.463 e. The number of benzene rings is 1. The number of esters is 1. The second-order valence-corrected chi connectivity index (χ2v) is 4.08. The van der Waals surface area contributed by atoms with Crippen molar-refractivity contribution in [3.63, 3.8) is 0 Å². The highest BCUT2D eigenvalue weighted by atomic mass is 16.7. The van der Waals surface area contributed by atoms with Crippen LogP contribution in [0.1, 0.15) is 13.3 Å². The quantitative estimate of drug-likeness (QED) is 0.137. The molecule has 0 N–H and O–H groups in total. The van der Waals surface area contributed by atoms with Gasteiger partial charge in [0.1, 0.15) is 13.0 Å². The summed E-state index contributed by atoms with van der Waals surface area (Å²) in [5.74, 6) is -1.54. The number of hydrogen-bond donors (Lipinski definition) is 0. The van der Waals surface area contributed by atoms with Crippen LogP contribution in [-0.4, -0.2) is 36.2 Å². The minimum atomic E-state index is -1.18. The van der Waals surface area contributed by atoms with Crippen LogP contribution in [0.3, 0.4) is 0 Å². The maximum absolute atomic E-state index is 11.4. The lowest BCUT2D eigenvalue weighted by molar-refractivity contribution is -0.571. The first-order chi connectivity index (χ1) is 10.5. The predicted molar refractivity (Wildman–Crippen MR) is 73.9 cm³/mol. The van der Waals surface area contributed by atoms with Crippen molar-refractivity contribution in [3.05, 3.63) is 40.4 Å². The van der Waals surface area contributed by atoms with E-state index >= 15 is 0 Å². The fourth-order valence-corrected chi connectivity index (χ4v) is 1.25. The van der Waals surface area contributed by atoms with E-state index in [1.54, 1.807) is 30.3 Å². The molecule has 1 amide bonds. The Labute approximate surface area is 126 Å². The molecule has 0 saturated heterocycles. The molecule has 0 aliphatic rings. The van der Waals surface area contributed by atoms with Gasteiger partial charge >= 0.3 is 12.2 Å². The molecular weight excluding hydrogens is 294 g/mol. The topological polar surface area (TPSA) is 120 Å². The van der Waals surface area contributed by atoms with E-state index in [1.807, 2.05) is 0 Å². The van der Waals surface area contributed by atoms with Gasteiger partial charge in [-0.25, -0.2) is 0 Å². The summed E-state index contributed by atoms with van der Waals surface area (Å²) in [5.41, 5.74) is 0.492. The van der Waals surface area contributed by atoms with Crippen LogP contribution in [-0.2, 0) is 19.1 Å². The second-order valence-electron chi connectivity index (χ2n) is 4.08. The van der Waals surface area contributed by atoms with Crippen LogP contribution in [0, 0.1) is 10.1 Å². The summed E-state index contributed by atoms with van der Waals surface area (Å²) in [7, 11) is 0. The van der Waals surface area contributed by atoms with Gasteiger partial charge in [0.25, 0.3) is 5.91 Å². The van der Waals surface area contributed by atoms with Gasteiger partial charge in [-0.2, -0.15) is 0 Å². The number of azo groups is 1. The lowest BCUT2D eigenvalue weighted by Gasteiger charge is -2.06. The number of rotatable bonds is 8. The van der Waals surface area contributed by atoms with E-state index in [1.165, 1.54) is 6.92 Å². The molecule has 0 saturated carbocycles. The maximum Gasteiger partial charge on any atom is 0.315 e. The zero-order valence-electron chi connectivity index (χ0n) is 11.9. The molecule has 9 nitrogen and oxygen atoms in total. The van der Waals surface area contributed by atoms with Crippen LogP contribution in [0.5, 0.6) is 0 Å². The van der Waals surface area contributed by atoms with Gasteiger partial charge in [0.15, 0.2) is 0 Å². The first-order valence-corrected chi connectivity index (χ1v) is 6.39. The summed E-state index contributed by atoms with van der Waals surface area (Å²) in [6.07, 6.45) is -1.73. The molecule has 0 heterocycles. The molecular formula is C13H15N3O6. The summed E-state index contributed by atoms with van der Waals surface area (Å²) in [4.78, 5) is 32.3. The molecule has 0 aliphatic carbocycles. The Morgan fingerprint density at radius 3 is 2.59 bits per heavy atom. The van der Waals surface area contributed by atoms with Crippen LogP contribution in [0.25, 0.3) is 0 Å². The summed E-state index contributed by atoms with van der Waals surface area (Å²) in [6.45, 7) is 0.947. The molecule has 1 aromatic rings. The average molecular weight is 309 g/mol. The first-order valence-electron chi connectivity index (χ1n) is 6.39. The lowest BCUT2D eigenvalue weighted by atomic mass is 10.3. The van der Waals surface area contributed by atoms with Crippen LogP contribution >= 0.6 is 0 Å². The molecule has 0 aromatic heterocycles. The molecule has 1 atom stereocenters. The van der Waals surface area contributed by atoms with Crippen molar-refractivity contribution < 1.29 is 24.0 Å². The largest absolute Gasteiger partial charge is 0.463 e. The van der Waals surface area contributed by atoms with Crippen LogP contribution in [0.4, 0.5) is 5.69 Å². The fourth-order valence-electron chi connectivity index (χ4n) is 1.25. The highest BCUT2D eigenvalue weighted by molar-refractivity contribution is 5.94. The van der Waals surface area contributed by atoms with Gasteiger partial charge in [0.2, 0.25) is 0 Å². The Morgan fingerprint density at radius 1 is 1.27 bits per heavy atom. The SMILES string of the molecule is CC(OCCOC(=O)CC(=O)N=Nc1ccccc1)[N+](=O)[O-]. The van der Waals surface area contributed by atoms with Crippen molar-refractivity contribution >= 4 is 17.6 Å². The number of nitro groups is 1. The van der Waals surface area contributed by atoms with Crippen molar-refractivity contribution in [2.24, 2.45) is 10.2 Å². The Morgan fingerprint density at radius 2 is 1.95 bits per heavy atom. The Bertz CT molecular complexity index is 546. The van der Waals surface area contributed by atoms with Gasteiger partial charge < -0.3 is 9.47 Å². The van der Waals surface area contributed by atoms with Crippen LogP contribution in [0.15, 0.2) is 40.6 Å². The summed E-state index contributed by atoms with van der Waals surface area (Å²) in [5, 5.41) is 17.3. The van der Waals surface area contributed by atoms with E-state index in [-0.39, 0.29) is 13.2 Å². The Balaban J connectivity index is 2.23. The molecule has 0 bridgehead atoms. The molecule has 22 heavy (non-hydrogen) atoms. The van der Waals surface area contributed by atoms with E-state index in [4.69, 9.17) is 4.74 Å². The van der Waals surface area contributed by atoms with E-state index < -0.39 is 29.4 Å². The standard InChI is InChI=1S/C13H15N3O6/c1-10(16(19)20)21-7-8-22-13(18)9-12(17)15-14-11-5-3-2-4-6-11/h2-6,10H,7-9H2,1H3. The van der Waals surface area contributed by atoms with Crippen molar-refractivity contribution in [2.45, 2.75) is 19.6 Å². The van der Waals surface area contributed by atoms with Crippen molar-refractivity contribution in [1.82, 2.24) is 0 Å².